The Morgan fingerprint density at radius 1 is 0.935 bits per heavy atom. The molecule has 0 saturated heterocycles. The van der Waals surface area contributed by atoms with Crippen molar-refractivity contribution >= 4 is 27.0 Å². The van der Waals surface area contributed by atoms with Crippen LogP contribution in [-0.4, -0.2) is 25.6 Å². The molecule has 4 rings (SSSR count). The Balaban J connectivity index is 1.66. The van der Waals surface area contributed by atoms with E-state index in [0.717, 1.165) is 24.0 Å². The van der Waals surface area contributed by atoms with E-state index in [9.17, 15) is 8.42 Å². The van der Waals surface area contributed by atoms with E-state index in [4.69, 9.17) is 4.52 Å². The molecule has 0 radical (unpaired) electrons. The summed E-state index contributed by atoms with van der Waals surface area (Å²) in [7, 11) is -2.25. The summed E-state index contributed by atoms with van der Waals surface area (Å²) in [5.41, 5.74) is 3.78. The van der Waals surface area contributed by atoms with Crippen molar-refractivity contribution in [3.05, 3.63) is 71.1 Å². The van der Waals surface area contributed by atoms with E-state index >= 15 is 0 Å². The first-order valence-electron chi connectivity index (χ1n) is 10.0. The van der Waals surface area contributed by atoms with E-state index < -0.39 is 10.0 Å². The van der Waals surface area contributed by atoms with Crippen molar-refractivity contribution in [3.63, 3.8) is 0 Å². The number of anilines is 1. The Bertz CT molecular complexity index is 1270. The van der Waals surface area contributed by atoms with Gasteiger partial charge in [0.2, 0.25) is 5.82 Å². The lowest BCUT2D eigenvalue weighted by Crippen LogP contribution is -2.26. The Hall–Kier alpha value is -2.97. The number of nitrogens with zero attached hydrogens (tertiary/aromatic N) is 3. The number of aromatic nitrogens is 2. The van der Waals surface area contributed by atoms with Gasteiger partial charge in [0.05, 0.1) is 5.69 Å². The molecule has 2 heterocycles. The Morgan fingerprint density at radius 2 is 1.55 bits per heavy atom. The molecule has 8 heteroatoms. The predicted molar refractivity (Wildman–Crippen MR) is 124 cm³/mol. The summed E-state index contributed by atoms with van der Waals surface area (Å²) in [6.07, 6.45) is 1.84. The minimum absolute atomic E-state index is 0.149. The maximum absolute atomic E-state index is 13.3. The van der Waals surface area contributed by atoms with Crippen LogP contribution in [0.2, 0.25) is 0 Å². The molecule has 0 amide bonds. The largest absolute Gasteiger partial charge is 0.333 e. The average Bonchev–Trinajstić information content (AvgIpc) is 3.48. The first-order valence-corrected chi connectivity index (χ1v) is 12.3. The van der Waals surface area contributed by atoms with E-state index in [-0.39, 0.29) is 10.8 Å². The predicted octanol–water partition coefficient (Wildman–Crippen LogP) is 5.42. The second-order valence-electron chi connectivity index (χ2n) is 7.08. The van der Waals surface area contributed by atoms with Crippen molar-refractivity contribution in [2.75, 3.05) is 11.4 Å². The van der Waals surface area contributed by atoms with Crippen LogP contribution in [0.25, 0.3) is 22.2 Å². The second-order valence-corrected chi connectivity index (χ2v) is 9.93. The Labute approximate surface area is 186 Å². The molecule has 0 atom stereocenters. The van der Waals surface area contributed by atoms with Gasteiger partial charge in [-0.15, -0.1) is 11.3 Å². The Morgan fingerprint density at radius 3 is 2.16 bits per heavy atom. The summed E-state index contributed by atoms with van der Waals surface area (Å²) in [6, 6.07) is 17.0. The maximum Gasteiger partial charge on any atom is 0.269 e. The standard InChI is InChI=1S/C23H23N3O3S2/c1-4-16-6-10-18(11-7-16)22-24-23(29-25-22)21-20(14-15-30-21)31(27,28)26(3)19-12-8-17(5-2)9-13-19/h6-15H,4-5H2,1-3H3. The monoisotopic (exact) mass is 453 g/mol. The lowest BCUT2D eigenvalue weighted by Gasteiger charge is -2.19. The van der Waals surface area contributed by atoms with Crippen LogP contribution < -0.4 is 4.31 Å². The lowest BCUT2D eigenvalue weighted by atomic mass is 10.1. The number of hydrogen-bond acceptors (Lipinski definition) is 6. The molecule has 160 valence electrons. The number of thiophene rings is 1. The van der Waals surface area contributed by atoms with Crippen LogP contribution in [0.3, 0.4) is 0 Å². The van der Waals surface area contributed by atoms with E-state index in [0.29, 0.717) is 16.4 Å². The van der Waals surface area contributed by atoms with Gasteiger partial charge in [0, 0.05) is 12.6 Å². The highest BCUT2D eigenvalue weighted by Crippen LogP contribution is 2.35. The van der Waals surface area contributed by atoms with Crippen LogP contribution in [0.15, 0.2) is 69.4 Å². The second kappa shape index (κ2) is 8.64. The molecule has 6 nitrogen and oxygen atoms in total. The van der Waals surface area contributed by atoms with Gasteiger partial charge in [-0.25, -0.2) is 8.42 Å². The Kier molecular flexibility index (Phi) is 5.93. The minimum Gasteiger partial charge on any atom is -0.333 e. The van der Waals surface area contributed by atoms with Gasteiger partial charge in [0.25, 0.3) is 15.9 Å². The first kappa shape index (κ1) is 21.3. The SMILES string of the molecule is CCc1ccc(-c2noc(-c3sccc3S(=O)(=O)N(C)c3ccc(CC)cc3)n2)cc1. The summed E-state index contributed by atoms with van der Waals surface area (Å²) in [5.74, 6) is 0.621. The third kappa shape index (κ3) is 4.13. The molecular weight excluding hydrogens is 430 g/mol. The molecule has 0 aliphatic carbocycles. The van der Waals surface area contributed by atoms with Crippen molar-refractivity contribution in [1.82, 2.24) is 10.1 Å². The van der Waals surface area contributed by atoms with Crippen LogP contribution in [0.4, 0.5) is 5.69 Å². The normalized spacial score (nSPS) is 11.6. The average molecular weight is 454 g/mol. The van der Waals surface area contributed by atoms with E-state index in [1.54, 1.807) is 18.5 Å². The lowest BCUT2D eigenvalue weighted by molar-refractivity contribution is 0.432. The first-order chi connectivity index (χ1) is 14.9. The van der Waals surface area contributed by atoms with Crippen molar-refractivity contribution in [1.29, 1.82) is 0 Å². The molecule has 4 aromatic rings. The quantitative estimate of drug-likeness (QED) is 0.374. The summed E-state index contributed by atoms with van der Waals surface area (Å²) in [6.45, 7) is 4.15. The summed E-state index contributed by atoms with van der Waals surface area (Å²) >= 11 is 1.26. The molecule has 2 aromatic heterocycles. The van der Waals surface area contributed by atoms with Crippen molar-refractivity contribution in [2.24, 2.45) is 0 Å². The molecule has 0 saturated carbocycles. The number of hydrogen-bond donors (Lipinski definition) is 0. The molecule has 0 N–H and O–H groups in total. The van der Waals surface area contributed by atoms with Crippen LogP contribution in [0, 0.1) is 0 Å². The highest BCUT2D eigenvalue weighted by molar-refractivity contribution is 7.93. The summed E-state index contributed by atoms with van der Waals surface area (Å²) in [5, 5.41) is 5.77. The van der Waals surface area contributed by atoms with Gasteiger partial charge in [0.15, 0.2) is 0 Å². The van der Waals surface area contributed by atoms with Gasteiger partial charge < -0.3 is 4.52 Å². The summed E-state index contributed by atoms with van der Waals surface area (Å²) in [4.78, 5) is 5.04. The van der Waals surface area contributed by atoms with Crippen LogP contribution in [0.5, 0.6) is 0 Å². The van der Waals surface area contributed by atoms with Gasteiger partial charge in [0.1, 0.15) is 9.77 Å². The smallest absolute Gasteiger partial charge is 0.269 e. The van der Waals surface area contributed by atoms with Gasteiger partial charge in [-0.2, -0.15) is 4.98 Å². The highest BCUT2D eigenvalue weighted by Gasteiger charge is 2.28. The minimum atomic E-state index is -3.80. The molecule has 0 spiro atoms. The number of sulfonamides is 1. The molecule has 0 fully saturated rings. The zero-order valence-corrected chi connectivity index (χ0v) is 19.2. The molecule has 31 heavy (non-hydrogen) atoms. The fourth-order valence-corrected chi connectivity index (χ4v) is 5.72. The molecule has 2 aromatic carbocycles. The summed E-state index contributed by atoms with van der Waals surface area (Å²) < 4.78 is 33.4. The van der Waals surface area contributed by atoms with Crippen molar-refractivity contribution in [2.45, 2.75) is 31.6 Å². The third-order valence-electron chi connectivity index (χ3n) is 5.22. The van der Waals surface area contributed by atoms with Gasteiger partial charge in [-0.1, -0.05) is 55.4 Å². The zero-order valence-electron chi connectivity index (χ0n) is 17.6. The number of benzene rings is 2. The van der Waals surface area contributed by atoms with Gasteiger partial charge in [-0.3, -0.25) is 4.31 Å². The van der Waals surface area contributed by atoms with E-state index in [2.05, 4.69) is 24.0 Å². The van der Waals surface area contributed by atoms with E-state index in [1.165, 1.54) is 21.2 Å². The fourth-order valence-electron chi connectivity index (χ4n) is 3.21. The third-order valence-corrected chi connectivity index (χ3v) is 8.08. The molecular formula is C23H23N3O3S2. The van der Waals surface area contributed by atoms with Crippen molar-refractivity contribution in [3.8, 4) is 22.2 Å². The molecule has 0 aliphatic rings. The molecule has 0 aliphatic heterocycles. The van der Waals surface area contributed by atoms with E-state index in [1.807, 2.05) is 48.5 Å². The molecule has 0 bridgehead atoms. The maximum atomic E-state index is 13.3. The van der Waals surface area contributed by atoms with Crippen LogP contribution >= 0.6 is 11.3 Å². The van der Waals surface area contributed by atoms with Crippen molar-refractivity contribution < 1.29 is 12.9 Å². The topological polar surface area (TPSA) is 76.3 Å². The number of rotatable bonds is 7. The van der Waals surface area contributed by atoms with Crippen LogP contribution in [-0.2, 0) is 22.9 Å². The molecule has 0 unspecified atom stereocenters. The van der Waals surface area contributed by atoms with Crippen LogP contribution in [0.1, 0.15) is 25.0 Å². The highest BCUT2D eigenvalue weighted by atomic mass is 32.2. The van der Waals surface area contributed by atoms with Gasteiger partial charge >= 0.3 is 0 Å². The number of aryl methyl sites for hydroxylation is 2. The van der Waals surface area contributed by atoms with Gasteiger partial charge in [-0.05, 0) is 47.5 Å². The fraction of sp³-hybridized carbons (Fsp3) is 0.217. The zero-order chi connectivity index (χ0) is 22.0.